The molecule has 348 valence electrons. The molecule has 2 aliphatic rings. The minimum absolute atomic E-state index is 1.04. The maximum absolute atomic E-state index is 3.56. The van der Waals surface area contributed by atoms with Gasteiger partial charge in [0.1, 0.15) is 0 Å². The summed E-state index contributed by atoms with van der Waals surface area (Å²) in [6.07, 6.45) is 1.04. The molecular formula is C61H44Br5N5. The van der Waals surface area contributed by atoms with E-state index in [0.29, 0.717) is 0 Å². The number of benzene rings is 10. The molecule has 2 N–H and O–H groups in total. The number of fused-ring (bicyclic) bond motifs is 4. The van der Waals surface area contributed by atoms with E-state index in [1.54, 1.807) is 0 Å². The third kappa shape index (κ3) is 11.4. The Labute approximate surface area is 457 Å². The van der Waals surface area contributed by atoms with Crippen LogP contribution in [-0.4, -0.2) is 0 Å². The second-order valence-corrected chi connectivity index (χ2v) is 21.3. The molecule has 5 nitrogen and oxygen atoms in total. The minimum Gasteiger partial charge on any atom is -0.355 e. The van der Waals surface area contributed by atoms with Gasteiger partial charge in [-0.05, 0) is 193 Å². The first-order chi connectivity index (χ1) is 34.7. The normalized spacial score (nSPS) is 11.6. The van der Waals surface area contributed by atoms with E-state index in [0.717, 1.165) is 91.3 Å². The molecule has 0 amide bonds. The van der Waals surface area contributed by atoms with Crippen LogP contribution in [-0.2, 0) is 6.42 Å². The van der Waals surface area contributed by atoms with Gasteiger partial charge >= 0.3 is 0 Å². The molecule has 10 aromatic carbocycles. The summed E-state index contributed by atoms with van der Waals surface area (Å²) in [5, 5.41) is 7.00. The van der Waals surface area contributed by atoms with E-state index in [2.05, 4.69) is 348 Å². The molecule has 71 heavy (non-hydrogen) atoms. The fourth-order valence-corrected chi connectivity index (χ4v) is 9.96. The predicted molar refractivity (Wildman–Crippen MR) is 318 cm³/mol. The molecule has 0 fully saturated rings. The van der Waals surface area contributed by atoms with E-state index in [1.807, 2.05) is 0 Å². The number of nitrogens with zero attached hydrogens (tertiary/aromatic N) is 3. The lowest BCUT2D eigenvalue weighted by atomic mass is 9.98. The monoisotopic (exact) mass is 1240 g/mol. The van der Waals surface area contributed by atoms with E-state index in [1.165, 1.54) is 22.5 Å². The summed E-state index contributed by atoms with van der Waals surface area (Å²) >= 11 is 17.6. The average molecular weight is 1250 g/mol. The SMILES string of the molecule is Brc1ccc(N(c2ccc(Br)cc2)c2ccc(Br)cc2)cc1.Brc1ccc(N(c2ccc(Br)cc2)c2ccc(N3c4ccccc4Nc4ccccc43)cc2)cc1.c1ccc2c(c1)Cc1ccccc1N2. The van der Waals surface area contributed by atoms with Crippen LogP contribution >= 0.6 is 79.6 Å². The number of halogens is 5. The second kappa shape index (κ2) is 22.4. The summed E-state index contributed by atoms with van der Waals surface area (Å²) in [7, 11) is 0. The molecular weight excluding hydrogens is 1200 g/mol. The largest absolute Gasteiger partial charge is 0.355 e. The first-order valence-electron chi connectivity index (χ1n) is 22.9. The van der Waals surface area contributed by atoms with Gasteiger partial charge in [-0.1, -0.05) is 140 Å². The molecule has 0 saturated carbocycles. The van der Waals surface area contributed by atoms with Crippen LogP contribution in [0.25, 0.3) is 0 Å². The maximum Gasteiger partial charge on any atom is 0.0697 e. The molecule has 10 heteroatoms. The van der Waals surface area contributed by atoms with Gasteiger partial charge in [0.15, 0.2) is 0 Å². The zero-order valence-electron chi connectivity index (χ0n) is 38.0. The summed E-state index contributed by atoms with van der Waals surface area (Å²) in [4.78, 5) is 6.81. The van der Waals surface area contributed by atoms with Crippen LogP contribution in [0.5, 0.6) is 0 Å². The highest BCUT2D eigenvalue weighted by atomic mass is 79.9. The Balaban J connectivity index is 0.000000137. The Morgan fingerprint density at radius 1 is 0.282 bits per heavy atom. The van der Waals surface area contributed by atoms with Gasteiger partial charge in [-0.3, -0.25) is 0 Å². The zero-order valence-corrected chi connectivity index (χ0v) is 46.0. The lowest BCUT2D eigenvalue weighted by Crippen LogP contribution is -2.17. The van der Waals surface area contributed by atoms with Gasteiger partial charge in [-0.15, -0.1) is 0 Å². The third-order valence-corrected chi connectivity index (χ3v) is 14.7. The van der Waals surface area contributed by atoms with Gasteiger partial charge in [0.25, 0.3) is 0 Å². The highest BCUT2D eigenvalue weighted by Crippen LogP contribution is 2.48. The first-order valence-corrected chi connectivity index (χ1v) is 26.9. The highest BCUT2D eigenvalue weighted by molar-refractivity contribution is 9.11. The van der Waals surface area contributed by atoms with Crippen LogP contribution in [0, 0.1) is 0 Å². The van der Waals surface area contributed by atoms with E-state index in [-0.39, 0.29) is 0 Å². The number of nitrogens with one attached hydrogen (secondary N) is 2. The van der Waals surface area contributed by atoms with Crippen molar-refractivity contribution in [1.82, 2.24) is 0 Å². The number of para-hydroxylation sites is 6. The van der Waals surface area contributed by atoms with Crippen molar-refractivity contribution in [1.29, 1.82) is 0 Å². The summed E-state index contributed by atoms with van der Waals surface area (Å²) in [5.41, 5.74) is 17.5. The molecule has 0 aromatic heterocycles. The maximum atomic E-state index is 3.56. The van der Waals surface area contributed by atoms with Gasteiger partial charge in [0.2, 0.25) is 0 Å². The highest BCUT2D eigenvalue weighted by Gasteiger charge is 2.24. The van der Waals surface area contributed by atoms with Crippen molar-refractivity contribution in [2.45, 2.75) is 6.42 Å². The molecule has 0 unspecified atom stereocenters. The van der Waals surface area contributed by atoms with Gasteiger partial charge in [-0.25, -0.2) is 0 Å². The number of rotatable bonds is 7. The number of hydrogen-bond donors (Lipinski definition) is 2. The van der Waals surface area contributed by atoms with Crippen molar-refractivity contribution in [3.63, 3.8) is 0 Å². The Morgan fingerprint density at radius 3 is 0.859 bits per heavy atom. The molecule has 10 aromatic rings. The van der Waals surface area contributed by atoms with Crippen molar-refractivity contribution in [2.24, 2.45) is 0 Å². The minimum atomic E-state index is 1.04. The van der Waals surface area contributed by atoms with Crippen molar-refractivity contribution >= 4 is 154 Å². The molecule has 12 rings (SSSR count). The van der Waals surface area contributed by atoms with E-state index < -0.39 is 0 Å². The number of hydrogen-bond acceptors (Lipinski definition) is 5. The third-order valence-electron chi connectivity index (χ3n) is 12.0. The zero-order chi connectivity index (χ0) is 48.7. The molecule has 0 atom stereocenters. The van der Waals surface area contributed by atoms with Gasteiger partial charge < -0.3 is 25.3 Å². The Bertz CT molecular complexity index is 3100. The molecule has 0 saturated heterocycles. The van der Waals surface area contributed by atoms with Crippen LogP contribution in [0.15, 0.2) is 265 Å². The lowest BCUT2D eigenvalue weighted by molar-refractivity contribution is 1.16. The summed E-state index contributed by atoms with van der Waals surface area (Å²) in [6.45, 7) is 0. The average Bonchev–Trinajstić information content (AvgIpc) is 3.41. The topological polar surface area (TPSA) is 33.8 Å². The molecule has 0 aliphatic carbocycles. The van der Waals surface area contributed by atoms with Crippen molar-refractivity contribution in [3.8, 4) is 0 Å². The van der Waals surface area contributed by atoms with Crippen molar-refractivity contribution in [2.75, 3.05) is 25.3 Å². The van der Waals surface area contributed by atoms with Crippen LogP contribution < -0.4 is 25.3 Å². The second-order valence-electron chi connectivity index (χ2n) is 16.7. The molecule has 0 spiro atoms. The van der Waals surface area contributed by atoms with E-state index >= 15 is 0 Å². The summed E-state index contributed by atoms with van der Waals surface area (Å²) in [5.74, 6) is 0. The summed E-state index contributed by atoms with van der Waals surface area (Å²) < 4.78 is 5.33. The quantitative estimate of drug-likeness (QED) is 0.166. The fraction of sp³-hybridized carbons (Fsp3) is 0.0164. The van der Waals surface area contributed by atoms with Crippen LogP contribution in [0.3, 0.4) is 0 Å². The van der Waals surface area contributed by atoms with Crippen molar-refractivity contribution < 1.29 is 0 Å². The van der Waals surface area contributed by atoms with Crippen LogP contribution in [0.1, 0.15) is 11.1 Å². The first kappa shape index (κ1) is 48.2. The van der Waals surface area contributed by atoms with Crippen molar-refractivity contribution in [3.05, 3.63) is 276 Å². The Kier molecular flexibility index (Phi) is 15.2. The van der Waals surface area contributed by atoms with Gasteiger partial charge in [0.05, 0.1) is 22.7 Å². The Morgan fingerprint density at radius 2 is 0.535 bits per heavy atom. The smallest absolute Gasteiger partial charge is 0.0697 e. The molecule has 0 bridgehead atoms. The molecule has 2 heterocycles. The standard InChI is InChI=1S/C30H21Br2N3.C18H12Br3N.C13H11N/c31-21-9-13-23(14-10-21)34(24-15-11-22(32)12-16-24)25-17-19-26(20-18-25)35-29-7-3-1-5-27(29)33-28-6-2-4-8-30(28)35;19-13-1-7-16(8-2-13)22(17-9-3-14(20)4-10-17)18-11-5-15(21)6-12-18;1-3-7-12-10(5-1)9-11-6-2-4-8-13(11)14-12/h1-20,33H;1-12H;1-8,14H,9H2. The lowest BCUT2D eigenvalue weighted by Gasteiger charge is -2.34. The van der Waals surface area contributed by atoms with Gasteiger partial charge in [0, 0.05) is 80.0 Å². The molecule has 2 aliphatic heterocycles. The van der Waals surface area contributed by atoms with Gasteiger partial charge in [-0.2, -0.15) is 0 Å². The molecule has 0 radical (unpaired) electrons. The van der Waals surface area contributed by atoms with Crippen LogP contribution in [0.2, 0.25) is 0 Å². The van der Waals surface area contributed by atoms with Crippen LogP contribution in [0.4, 0.5) is 73.9 Å². The predicted octanol–water partition coefficient (Wildman–Crippen LogP) is 21.0. The Hall–Kier alpha value is -6.40. The summed E-state index contributed by atoms with van der Waals surface area (Å²) in [6, 6.07) is 84.3. The number of anilines is 13. The fourth-order valence-electron chi connectivity index (χ4n) is 8.64. The van der Waals surface area contributed by atoms with E-state index in [4.69, 9.17) is 0 Å². The van der Waals surface area contributed by atoms with E-state index in [9.17, 15) is 0 Å².